The highest BCUT2D eigenvalue weighted by atomic mass is 79.9. The Morgan fingerprint density at radius 1 is 1.37 bits per heavy atom. The summed E-state index contributed by atoms with van der Waals surface area (Å²) < 4.78 is 13.8. The number of anilines is 1. The van der Waals surface area contributed by atoms with Crippen molar-refractivity contribution in [1.82, 2.24) is 5.32 Å². The quantitative estimate of drug-likeness (QED) is 0.885. The summed E-state index contributed by atoms with van der Waals surface area (Å²) in [6.45, 7) is 8.54. The fraction of sp³-hybridized carbons (Fsp3) is 0.500. The first-order valence-corrected chi connectivity index (χ1v) is 6.99. The molecule has 3 nitrogen and oxygen atoms in total. The number of hydrogen-bond donors (Lipinski definition) is 2. The lowest BCUT2D eigenvalue weighted by Gasteiger charge is -2.20. The summed E-state index contributed by atoms with van der Waals surface area (Å²) in [6.07, 6.45) is 0.356. The SMILES string of the molecule is Cc1cc(Br)c(F)cc1NC(=O)CCNC(C)(C)C. The molecule has 5 heteroatoms. The minimum atomic E-state index is -0.381. The zero-order valence-electron chi connectivity index (χ0n) is 11.7. The van der Waals surface area contributed by atoms with Crippen molar-refractivity contribution in [3.8, 4) is 0 Å². The van der Waals surface area contributed by atoms with E-state index in [1.165, 1.54) is 6.07 Å². The van der Waals surface area contributed by atoms with Crippen molar-refractivity contribution in [2.45, 2.75) is 39.7 Å². The van der Waals surface area contributed by atoms with Crippen molar-refractivity contribution >= 4 is 27.5 Å². The largest absolute Gasteiger partial charge is 0.326 e. The highest BCUT2D eigenvalue weighted by molar-refractivity contribution is 9.10. The van der Waals surface area contributed by atoms with Crippen LogP contribution in [0.15, 0.2) is 16.6 Å². The molecule has 1 rings (SSSR count). The molecular weight excluding hydrogens is 311 g/mol. The maximum Gasteiger partial charge on any atom is 0.225 e. The normalized spacial score (nSPS) is 11.5. The van der Waals surface area contributed by atoms with E-state index in [9.17, 15) is 9.18 Å². The average molecular weight is 331 g/mol. The molecule has 0 spiro atoms. The third-order valence-corrected chi connectivity index (χ3v) is 3.16. The zero-order chi connectivity index (χ0) is 14.6. The van der Waals surface area contributed by atoms with Gasteiger partial charge in [0.15, 0.2) is 0 Å². The van der Waals surface area contributed by atoms with E-state index in [2.05, 4.69) is 26.6 Å². The molecule has 1 aromatic carbocycles. The number of rotatable bonds is 4. The minimum Gasteiger partial charge on any atom is -0.326 e. The Balaban J connectivity index is 2.56. The predicted molar refractivity (Wildman–Crippen MR) is 79.8 cm³/mol. The van der Waals surface area contributed by atoms with E-state index in [0.717, 1.165) is 5.56 Å². The molecule has 0 bridgehead atoms. The third-order valence-electron chi connectivity index (χ3n) is 2.55. The van der Waals surface area contributed by atoms with Gasteiger partial charge >= 0.3 is 0 Å². The van der Waals surface area contributed by atoms with Crippen LogP contribution >= 0.6 is 15.9 Å². The van der Waals surface area contributed by atoms with Gasteiger partial charge in [-0.1, -0.05) is 0 Å². The molecule has 0 radical (unpaired) electrons. The Labute approximate surface area is 122 Å². The molecule has 1 amide bonds. The van der Waals surface area contributed by atoms with Crippen molar-refractivity contribution in [2.24, 2.45) is 0 Å². The second-order valence-corrected chi connectivity index (χ2v) is 6.41. The van der Waals surface area contributed by atoms with Crippen molar-refractivity contribution in [2.75, 3.05) is 11.9 Å². The Bertz CT molecular complexity index is 469. The van der Waals surface area contributed by atoms with Gasteiger partial charge in [0.2, 0.25) is 5.91 Å². The van der Waals surface area contributed by atoms with Crippen molar-refractivity contribution < 1.29 is 9.18 Å². The van der Waals surface area contributed by atoms with E-state index < -0.39 is 0 Å². The molecule has 0 heterocycles. The molecule has 0 saturated carbocycles. The molecule has 0 aliphatic carbocycles. The van der Waals surface area contributed by atoms with Gasteiger partial charge in [-0.05, 0) is 61.3 Å². The van der Waals surface area contributed by atoms with Gasteiger partial charge in [-0.2, -0.15) is 0 Å². The minimum absolute atomic E-state index is 0.0140. The highest BCUT2D eigenvalue weighted by Gasteiger charge is 2.11. The van der Waals surface area contributed by atoms with E-state index in [0.29, 0.717) is 23.1 Å². The summed E-state index contributed by atoms with van der Waals surface area (Å²) in [6, 6.07) is 2.98. The molecular formula is C14H20BrFN2O. The summed E-state index contributed by atoms with van der Waals surface area (Å²) >= 11 is 3.11. The molecule has 0 fully saturated rings. The molecule has 0 unspecified atom stereocenters. The van der Waals surface area contributed by atoms with Crippen LogP contribution in [-0.4, -0.2) is 18.0 Å². The standard InChI is InChI=1S/C14H20BrFN2O/c1-9-7-10(15)11(16)8-12(9)18-13(19)5-6-17-14(2,3)4/h7-8,17H,5-6H2,1-4H3,(H,18,19). The van der Waals surface area contributed by atoms with E-state index in [1.54, 1.807) is 6.07 Å². The summed E-state index contributed by atoms with van der Waals surface area (Å²) in [5, 5.41) is 5.96. The fourth-order valence-corrected chi connectivity index (χ4v) is 2.00. The Morgan fingerprint density at radius 3 is 2.58 bits per heavy atom. The lowest BCUT2D eigenvalue weighted by molar-refractivity contribution is -0.116. The molecule has 0 saturated heterocycles. The van der Waals surface area contributed by atoms with Crippen LogP contribution in [0.25, 0.3) is 0 Å². The van der Waals surface area contributed by atoms with Crippen LogP contribution in [0.5, 0.6) is 0 Å². The van der Waals surface area contributed by atoms with Gasteiger partial charge < -0.3 is 10.6 Å². The topological polar surface area (TPSA) is 41.1 Å². The first-order valence-electron chi connectivity index (χ1n) is 6.19. The van der Waals surface area contributed by atoms with Crippen LogP contribution in [0.1, 0.15) is 32.8 Å². The maximum atomic E-state index is 13.4. The van der Waals surface area contributed by atoms with Gasteiger partial charge in [0, 0.05) is 24.2 Å². The van der Waals surface area contributed by atoms with Crippen LogP contribution < -0.4 is 10.6 Å². The number of nitrogens with one attached hydrogen (secondary N) is 2. The lowest BCUT2D eigenvalue weighted by atomic mass is 10.1. The fourth-order valence-electron chi connectivity index (χ4n) is 1.54. The second kappa shape index (κ2) is 6.48. The predicted octanol–water partition coefficient (Wildman–Crippen LogP) is 3.61. The van der Waals surface area contributed by atoms with E-state index in [1.807, 2.05) is 27.7 Å². The summed E-state index contributed by atoms with van der Waals surface area (Å²) in [4.78, 5) is 11.8. The van der Waals surface area contributed by atoms with E-state index >= 15 is 0 Å². The molecule has 0 atom stereocenters. The summed E-state index contributed by atoms with van der Waals surface area (Å²) in [5.41, 5.74) is 1.33. The van der Waals surface area contributed by atoms with Gasteiger partial charge in [0.1, 0.15) is 5.82 Å². The maximum absolute atomic E-state index is 13.4. The summed E-state index contributed by atoms with van der Waals surface area (Å²) in [5.74, 6) is -0.504. The number of amides is 1. The molecule has 2 N–H and O–H groups in total. The number of carbonyl (C=O) groups excluding carboxylic acids is 1. The molecule has 106 valence electrons. The van der Waals surface area contributed by atoms with Crippen LogP contribution in [0.4, 0.5) is 10.1 Å². The Morgan fingerprint density at radius 2 is 2.00 bits per heavy atom. The third kappa shape index (κ3) is 5.70. The smallest absolute Gasteiger partial charge is 0.225 e. The molecule has 0 aromatic heterocycles. The van der Waals surface area contributed by atoms with Crippen molar-refractivity contribution in [3.05, 3.63) is 28.0 Å². The zero-order valence-corrected chi connectivity index (χ0v) is 13.3. The average Bonchev–Trinajstić information content (AvgIpc) is 2.24. The Hall–Kier alpha value is -0.940. The molecule has 0 aliphatic rings. The van der Waals surface area contributed by atoms with Gasteiger partial charge in [-0.25, -0.2) is 4.39 Å². The molecule has 0 aliphatic heterocycles. The number of halogens is 2. The van der Waals surface area contributed by atoms with Crippen LogP contribution in [0, 0.1) is 12.7 Å². The first-order chi connectivity index (χ1) is 8.69. The number of aryl methyl sites for hydroxylation is 1. The van der Waals surface area contributed by atoms with Crippen molar-refractivity contribution in [3.63, 3.8) is 0 Å². The van der Waals surface area contributed by atoms with Crippen molar-refractivity contribution in [1.29, 1.82) is 0 Å². The monoisotopic (exact) mass is 330 g/mol. The van der Waals surface area contributed by atoms with Crippen LogP contribution in [0.3, 0.4) is 0 Å². The number of carbonyl (C=O) groups is 1. The van der Waals surface area contributed by atoms with Gasteiger partial charge in [0.05, 0.1) is 4.47 Å². The highest BCUT2D eigenvalue weighted by Crippen LogP contribution is 2.23. The Kier molecular flexibility index (Phi) is 5.50. The van der Waals surface area contributed by atoms with Gasteiger partial charge in [-0.15, -0.1) is 0 Å². The molecule has 1 aromatic rings. The summed E-state index contributed by atoms with van der Waals surface area (Å²) in [7, 11) is 0. The van der Waals surface area contributed by atoms with E-state index in [4.69, 9.17) is 0 Å². The second-order valence-electron chi connectivity index (χ2n) is 5.56. The number of benzene rings is 1. The molecule has 19 heavy (non-hydrogen) atoms. The first kappa shape index (κ1) is 16.1. The van der Waals surface area contributed by atoms with E-state index in [-0.39, 0.29) is 17.3 Å². The van der Waals surface area contributed by atoms with Crippen LogP contribution in [0.2, 0.25) is 0 Å². The van der Waals surface area contributed by atoms with Gasteiger partial charge in [0.25, 0.3) is 0 Å². The van der Waals surface area contributed by atoms with Gasteiger partial charge in [-0.3, -0.25) is 4.79 Å². The lowest BCUT2D eigenvalue weighted by Crippen LogP contribution is -2.37. The van der Waals surface area contributed by atoms with Crippen LogP contribution in [-0.2, 0) is 4.79 Å². The number of hydrogen-bond acceptors (Lipinski definition) is 2.